The lowest BCUT2D eigenvalue weighted by Gasteiger charge is -2.10. The van der Waals surface area contributed by atoms with Crippen molar-refractivity contribution >= 4 is 10.0 Å². The first kappa shape index (κ1) is 20.3. The van der Waals surface area contributed by atoms with Gasteiger partial charge in [-0.25, -0.2) is 13.1 Å². The molecule has 0 unspecified atom stereocenters. The molecule has 26 heavy (non-hydrogen) atoms. The van der Waals surface area contributed by atoms with E-state index in [0.717, 1.165) is 30.4 Å². The first-order chi connectivity index (χ1) is 12.5. The van der Waals surface area contributed by atoms with E-state index in [1.54, 1.807) is 26.4 Å². The van der Waals surface area contributed by atoms with Crippen molar-refractivity contribution in [1.29, 1.82) is 0 Å². The first-order valence-electron chi connectivity index (χ1n) is 8.79. The minimum Gasteiger partial charge on any atom is -0.493 e. The smallest absolute Gasteiger partial charge is 0.240 e. The quantitative estimate of drug-likeness (QED) is 0.687. The molecular formula is C20H27NO4S. The molecule has 0 saturated carbocycles. The van der Waals surface area contributed by atoms with E-state index in [0.29, 0.717) is 29.4 Å². The fourth-order valence-electron chi connectivity index (χ4n) is 2.67. The Bertz CT molecular complexity index is 801. The van der Waals surface area contributed by atoms with Gasteiger partial charge < -0.3 is 9.47 Å². The highest BCUT2D eigenvalue weighted by molar-refractivity contribution is 7.89. The van der Waals surface area contributed by atoms with E-state index >= 15 is 0 Å². The molecule has 0 atom stereocenters. The standard InChI is InChI=1S/C20H27NO4S/c1-4-5-6-16-7-10-18(11-8-16)26(22,23)21-14-13-17-9-12-19(24-2)20(15-17)25-3/h7-12,15,21H,4-6,13-14H2,1-3H3. The van der Waals surface area contributed by atoms with E-state index in [2.05, 4.69) is 11.6 Å². The third-order valence-electron chi connectivity index (χ3n) is 4.21. The van der Waals surface area contributed by atoms with Crippen molar-refractivity contribution in [3.8, 4) is 11.5 Å². The molecule has 0 fully saturated rings. The molecule has 0 aromatic heterocycles. The molecule has 0 saturated heterocycles. The van der Waals surface area contributed by atoms with Crippen molar-refractivity contribution in [3.05, 3.63) is 53.6 Å². The summed E-state index contributed by atoms with van der Waals surface area (Å²) in [5.74, 6) is 1.29. The lowest BCUT2D eigenvalue weighted by atomic mass is 10.1. The zero-order valence-electron chi connectivity index (χ0n) is 15.6. The van der Waals surface area contributed by atoms with Crippen LogP contribution in [0.3, 0.4) is 0 Å². The van der Waals surface area contributed by atoms with Crippen LogP contribution in [0, 0.1) is 0 Å². The molecular weight excluding hydrogens is 350 g/mol. The zero-order chi connectivity index (χ0) is 19.0. The van der Waals surface area contributed by atoms with E-state index in [4.69, 9.17) is 9.47 Å². The van der Waals surface area contributed by atoms with Crippen LogP contribution in [-0.4, -0.2) is 29.2 Å². The Morgan fingerprint density at radius 1 is 0.885 bits per heavy atom. The lowest BCUT2D eigenvalue weighted by molar-refractivity contribution is 0.354. The van der Waals surface area contributed by atoms with Crippen molar-refractivity contribution in [2.24, 2.45) is 0 Å². The number of rotatable bonds is 10. The van der Waals surface area contributed by atoms with Crippen LogP contribution in [0.4, 0.5) is 0 Å². The number of hydrogen-bond donors (Lipinski definition) is 1. The Morgan fingerprint density at radius 2 is 1.54 bits per heavy atom. The summed E-state index contributed by atoms with van der Waals surface area (Å²) >= 11 is 0. The van der Waals surface area contributed by atoms with E-state index in [1.165, 1.54) is 0 Å². The Kier molecular flexibility index (Phi) is 7.48. The highest BCUT2D eigenvalue weighted by Gasteiger charge is 2.13. The van der Waals surface area contributed by atoms with Crippen LogP contribution in [0.15, 0.2) is 47.4 Å². The van der Waals surface area contributed by atoms with Gasteiger partial charge >= 0.3 is 0 Å². The van der Waals surface area contributed by atoms with Crippen LogP contribution in [0.25, 0.3) is 0 Å². The number of sulfonamides is 1. The number of aryl methyl sites for hydroxylation is 1. The van der Waals surface area contributed by atoms with E-state index in [1.807, 2.05) is 30.3 Å². The third-order valence-corrected chi connectivity index (χ3v) is 5.68. The Morgan fingerprint density at radius 3 is 2.15 bits per heavy atom. The molecule has 0 aliphatic carbocycles. The van der Waals surface area contributed by atoms with Crippen LogP contribution in [0.5, 0.6) is 11.5 Å². The van der Waals surface area contributed by atoms with Crippen molar-refractivity contribution in [2.75, 3.05) is 20.8 Å². The summed E-state index contributed by atoms with van der Waals surface area (Å²) in [6.07, 6.45) is 3.77. The summed E-state index contributed by atoms with van der Waals surface area (Å²) in [5.41, 5.74) is 2.14. The summed E-state index contributed by atoms with van der Waals surface area (Å²) in [4.78, 5) is 0.296. The molecule has 2 aromatic rings. The summed E-state index contributed by atoms with van der Waals surface area (Å²) in [7, 11) is -0.342. The number of benzene rings is 2. The van der Waals surface area contributed by atoms with E-state index < -0.39 is 10.0 Å². The zero-order valence-corrected chi connectivity index (χ0v) is 16.4. The van der Waals surface area contributed by atoms with Crippen LogP contribution < -0.4 is 14.2 Å². The first-order valence-corrected chi connectivity index (χ1v) is 10.3. The lowest BCUT2D eigenvalue weighted by Crippen LogP contribution is -2.26. The number of nitrogens with one attached hydrogen (secondary N) is 1. The predicted octanol–water partition coefficient (Wildman–Crippen LogP) is 3.57. The fourth-order valence-corrected chi connectivity index (χ4v) is 3.70. The maximum absolute atomic E-state index is 12.4. The Hall–Kier alpha value is -2.05. The molecule has 0 heterocycles. The molecule has 1 N–H and O–H groups in total. The molecule has 2 aromatic carbocycles. The molecule has 142 valence electrons. The fraction of sp³-hybridized carbons (Fsp3) is 0.400. The van der Waals surface area contributed by atoms with Crippen molar-refractivity contribution in [3.63, 3.8) is 0 Å². The SMILES string of the molecule is CCCCc1ccc(S(=O)(=O)NCCc2ccc(OC)c(OC)c2)cc1. The van der Waals surface area contributed by atoms with Crippen LogP contribution >= 0.6 is 0 Å². The maximum Gasteiger partial charge on any atom is 0.240 e. The van der Waals surface area contributed by atoms with Crippen LogP contribution in [0.2, 0.25) is 0 Å². The Labute approximate surface area is 156 Å². The number of unbranched alkanes of at least 4 members (excludes halogenated alkanes) is 1. The minimum atomic E-state index is -3.50. The predicted molar refractivity (Wildman–Crippen MR) is 103 cm³/mol. The molecule has 0 spiro atoms. The average molecular weight is 378 g/mol. The number of hydrogen-bond acceptors (Lipinski definition) is 4. The van der Waals surface area contributed by atoms with Crippen molar-refractivity contribution in [1.82, 2.24) is 4.72 Å². The molecule has 5 nitrogen and oxygen atoms in total. The molecule has 0 amide bonds. The van der Waals surface area contributed by atoms with Gasteiger partial charge in [-0.1, -0.05) is 31.5 Å². The van der Waals surface area contributed by atoms with Crippen molar-refractivity contribution < 1.29 is 17.9 Å². The molecule has 6 heteroatoms. The van der Waals surface area contributed by atoms with Gasteiger partial charge in [-0.3, -0.25) is 0 Å². The monoisotopic (exact) mass is 377 g/mol. The topological polar surface area (TPSA) is 64.6 Å². The van der Waals surface area contributed by atoms with Gasteiger partial charge in [0.15, 0.2) is 11.5 Å². The van der Waals surface area contributed by atoms with Crippen molar-refractivity contribution in [2.45, 2.75) is 37.5 Å². The Balaban J connectivity index is 1.95. The average Bonchev–Trinajstić information content (AvgIpc) is 2.66. The molecule has 0 bridgehead atoms. The highest BCUT2D eigenvalue weighted by atomic mass is 32.2. The summed E-state index contributed by atoms with van der Waals surface area (Å²) < 4.78 is 38.0. The third kappa shape index (κ3) is 5.47. The summed E-state index contributed by atoms with van der Waals surface area (Å²) in [6, 6.07) is 12.7. The second-order valence-electron chi connectivity index (χ2n) is 6.08. The van der Waals surface area contributed by atoms with Crippen LogP contribution in [0.1, 0.15) is 30.9 Å². The van der Waals surface area contributed by atoms with Gasteiger partial charge in [0.1, 0.15) is 0 Å². The van der Waals surface area contributed by atoms with E-state index in [9.17, 15) is 8.42 Å². The summed E-state index contributed by atoms with van der Waals surface area (Å²) in [5, 5.41) is 0. The molecule has 0 radical (unpaired) electrons. The normalized spacial score (nSPS) is 11.3. The van der Waals surface area contributed by atoms with Gasteiger partial charge in [-0.05, 0) is 54.7 Å². The summed E-state index contributed by atoms with van der Waals surface area (Å²) in [6.45, 7) is 2.45. The largest absolute Gasteiger partial charge is 0.493 e. The van der Waals surface area contributed by atoms with Crippen LogP contribution in [-0.2, 0) is 22.9 Å². The second-order valence-corrected chi connectivity index (χ2v) is 7.85. The minimum absolute atomic E-state index is 0.296. The number of methoxy groups -OCH3 is 2. The van der Waals surface area contributed by atoms with Gasteiger partial charge in [0.05, 0.1) is 19.1 Å². The molecule has 0 aliphatic rings. The van der Waals surface area contributed by atoms with Gasteiger partial charge in [0.25, 0.3) is 0 Å². The maximum atomic E-state index is 12.4. The van der Waals surface area contributed by atoms with Gasteiger partial charge in [-0.2, -0.15) is 0 Å². The van der Waals surface area contributed by atoms with E-state index in [-0.39, 0.29) is 0 Å². The number of ether oxygens (including phenoxy) is 2. The second kappa shape index (κ2) is 9.59. The van der Waals surface area contributed by atoms with Gasteiger partial charge in [-0.15, -0.1) is 0 Å². The molecule has 0 aliphatic heterocycles. The van der Waals surface area contributed by atoms with Gasteiger partial charge in [0, 0.05) is 6.54 Å². The van der Waals surface area contributed by atoms with Gasteiger partial charge in [0.2, 0.25) is 10.0 Å². The molecule has 2 rings (SSSR count). The highest BCUT2D eigenvalue weighted by Crippen LogP contribution is 2.27.